The summed E-state index contributed by atoms with van der Waals surface area (Å²) in [5, 5.41) is 13.5. The maximum atomic E-state index is 9.71. The Morgan fingerprint density at radius 1 is 1.18 bits per heavy atom. The molecule has 0 aromatic carbocycles. The lowest BCUT2D eigenvalue weighted by Gasteiger charge is -2.33. The molecular formula is C15H25NO. The van der Waals surface area contributed by atoms with Crippen molar-refractivity contribution in [3.05, 3.63) is 12.2 Å². The normalized spacial score (nSPS) is 46.4. The monoisotopic (exact) mass is 235 g/mol. The molecule has 96 valence electrons. The Hall–Kier alpha value is -0.340. The highest BCUT2D eigenvalue weighted by Gasteiger charge is 2.39. The average molecular weight is 235 g/mol. The van der Waals surface area contributed by atoms with Gasteiger partial charge in [-0.2, -0.15) is 0 Å². The second-order valence-electron chi connectivity index (χ2n) is 6.42. The molecule has 6 unspecified atom stereocenters. The Bertz CT molecular complexity index is 301. The second-order valence-corrected chi connectivity index (χ2v) is 6.42. The minimum atomic E-state index is -0.0617. The number of hydrogen-bond acceptors (Lipinski definition) is 2. The molecule has 0 radical (unpaired) electrons. The van der Waals surface area contributed by atoms with E-state index in [0.717, 1.165) is 30.6 Å². The zero-order valence-corrected chi connectivity index (χ0v) is 10.8. The summed E-state index contributed by atoms with van der Waals surface area (Å²) in [7, 11) is 0. The zero-order chi connectivity index (χ0) is 11.8. The second kappa shape index (κ2) is 4.74. The summed E-state index contributed by atoms with van der Waals surface area (Å²) < 4.78 is 0. The Labute approximate surface area is 104 Å². The van der Waals surface area contributed by atoms with E-state index in [2.05, 4.69) is 24.4 Å². The van der Waals surface area contributed by atoms with Crippen LogP contribution in [0.5, 0.6) is 0 Å². The summed E-state index contributed by atoms with van der Waals surface area (Å²) in [5.41, 5.74) is 0. The van der Waals surface area contributed by atoms with E-state index in [1.807, 2.05) is 0 Å². The van der Waals surface area contributed by atoms with Crippen LogP contribution in [-0.4, -0.2) is 23.3 Å². The number of aliphatic hydroxyl groups excluding tert-OH is 1. The molecule has 0 spiro atoms. The molecule has 0 aromatic rings. The quantitative estimate of drug-likeness (QED) is 0.737. The van der Waals surface area contributed by atoms with Gasteiger partial charge in [-0.15, -0.1) is 0 Å². The van der Waals surface area contributed by atoms with Gasteiger partial charge in [-0.05, 0) is 63.2 Å². The number of nitrogens with one attached hydrogen (secondary N) is 1. The zero-order valence-electron chi connectivity index (χ0n) is 10.8. The highest BCUT2D eigenvalue weighted by Crippen LogP contribution is 2.45. The molecule has 3 aliphatic rings. The molecule has 17 heavy (non-hydrogen) atoms. The van der Waals surface area contributed by atoms with E-state index in [1.165, 1.54) is 25.7 Å². The summed E-state index contributed by atoms with van der Waals surface area (Å²) in [4.78, 5) is 0. The minimum absolute atomic E-state index is 0.0617. The molecule has 2 nitrogen and oxygen atoms in total. The number of aliphatic hydroxyl groups is 1. The van der Waals surface area contributed by atoms with Gasteiger partial charge >= 0.3 is 0 Å². The third-order valence-corrected chi connectivity index (χ3v) is 5.12. The Kier molecular flexibility index (Phi) is 3.27. The van der Waals surface area contributed by atoms with E-state index in [1.54, 1.807) is 0 Å². The van der Waals surface area contributed by atoms with Crippen LogP contribution in [0.2, 0.25) is 0 Å². The molecule has 2 saturated carbocycles. The van der Waals surface area contributed by atoms with Gasteiger partial charge in [-0.3, -0.25) is 0 Å². The van der Waals surface area contributed by atoms with Crippen LogP contribution in [-0.2, 0) is 0 Å². The van der Waals surface area contributed by atoms with Gasteiger partial charge in [0.05, 0.1) is 6.10 Å². The third kappa shape index (κ3) is 2.43. The summed E-state index contributed by atoms with van der Waals surface area (Å²) in [5.74, 6) is 2.53. The maximum Gasteiger partial charge on any atom is 0.0555 e. The van der Waals surface area contributed by atoms with Crippen molar-refractivity contribution in [2.24, 2.45) is 17.8 Å². The fraction of sp³-hybridized carbons (Fsp3) is 0.867. The van der Waals surface area contributed by atoms with Crippen LogP contribution in [0, 0.1) is 17.8 Å². The molecule has 2 heteroatoms. The van der Waals surface area contributed by atoms with Crippen molar-refractivity contribution in [1.29, 1.82) is 0 Å². The lowest BCUT2D eigenvalue weighted by atomic mass is 9.85. The van der Waals surface area contributed by atoms with E-state index in [4.69, 9.17) is 0 Å². The first-order valence-corrected chi connectivity index (χ1v) is 7.35. The molecule has 0 heterocycles. The number of hydrogen-bond donors (Lipinski definition) is 2. The molecule has 2 fully saturated rings. The van der Waals surface area contributed by atoms with Gasteiger partial charge in [0, 0.05) is 12.1 Å². The highest BCUT2D eigenvalue weighted by atomic mass is 16.3. The van der Waals surface area contributed by atoms with Crippen LogP contribution < -0.4 is 5.32 Å². The molecule has 2 N–H and O–H groups in total. The fourth-order valence-corrected chi connectivity index (χ4v) is 4.21. The van der Waals surface area contributed by atoms with Gasteiger partial charge in [0.15, 0.2) is 0 Å². The largest absolute Gasteiger partial charge is 0.393 e. The van der Waals surface area contributed by atoms with Crippen molar-refractivity contribution in [2.75, 3.05) is 0 Å². The number of rotatable bonds is 3. The SMILES string of the molecule is CC(NC1CCCC(O)C1)C1CC2C=CC1C2. The molecule has 0 aromatic heterocycles. The predicted molar refractivity (Wildman–Crippen MR) is 69.7 cm³/mol. The first-order chi connectivity index (χ1) is 8.22. The Morgan fingerprint density at radius 3 is 2.71 bits per heavy atom. The molecule has 3 aliphatic carbocycles. The standard InChI is InChI=1S/C15H25NO/c1-10(15-8-11-5-6-12(15)7-11)16-13-3-2-4-14(17)9-13/h5-6,10-17H,2-4,7-9H2,1H3. The van der Waals surface area contributed by atoms with E-state index in [0.29, 0.717) is 12.1 Å². The molecule has 0 amide bonds. The maximum absolute atomic E-state index is 9.71. The molecule has 0 saturated heterocycles. The van der Waals surface area contributed by atoms with Crippen LogP contribution in [0.15, 0.2) is 12.2 Å². The summed E-state index contributed by atoms with van der Waals surface area (Å²) in [6.45, 7) is 2.35. The van der Waals surface area contributed by atoms with Crippen LogP contribution in [0.3, 0.4) is 0 Å². The number of allylic oxidation sites excluding steroid dienone is 2. The summed E-state index contributed by atoms with van der Waals surface area (Å²) in [6, 6.07) is 1.17. The first kappa shape index (κ1) is 11.7. The van der Waals surface area contributed by atoms with Gasteiger partial charge in [0.1, 0.15) is 0 Å². The number of fused-ring (bicyclic) bond motifs is 2. The van der Waals surface area contributed by atoms with Crippen LogP contribution >= 0.6 is 0 Å². The topological polar surface area (TPSA) is 32.3 Å². The van der Waals surface area contributed by atoms with Gasteiger partial charge in [0.2, 0.25) is 0 Å². The molecule has 0 aliphatic heterocycles. The van der Waals surface area contributed by atoms with Crippen molar-refractivity contribution in [1.82, 2.24) is 5.32 Å². The van der Waals surface area contributed by atoms with Crippen molar-refractivity contribution < 1.29 is 5.11 Å². The van der Waals surface area contributed by atoms with Gasteiger partial charge in [-0.25, -0.2) is 0 Å². The molecule has 2 bridgehead atoms. The molecular weight excluding hydrogens is 210 g/mol. The molecule has 3 rings (SSSR count). The third-order valence-electron chi connectivity index (χ3n) is 5.12. The highest BCUT2D eigenvalue weighted by molar-refractivity contribution is 5.11. The van der Waals surface area contributed by atoms with Crippen molar-refractivity contribution in [2.45, 2.75) is 63.6 Å². The van der Waals surface area contributed by atoms with Crippen LogP contribution in [0.25, 0.3) is 0 Å². The predicted octanol–water partition coefficient (Wildman–Crippen LogP) is 2.48. The van der Waals surface area contributed by atoms with Gasteiger partial charge in [-0.1, -0.05) is 12.2 Å². The van der Waals surface area contributed by atoms with Crippen LogP contribution in [0.4, 0.5) is 0 Å². The smallest absolute Gasteiger partial charge is 0.0555 e. The lowest BCUT2D eigenvalue weighted by Crippen LogP contribution is -2.45. The van der Waals surface area contributed by atoms with E-state index < -0.39 is 0 Å². The van der Waals surface area contributed by atoms with Crippen molar-refractivity contribution in [3.63, 3.8) is 0 Å². The Morgan fingerprint density at radius 2 is 2.06 bits per heavy atom. The summed E-state index contributed by atoms with van der Waals surface area (Å²) >= 11 is 0. The van der Waals surface area contributed by atoms with E-state index in [9.17, 15) is 5.11 Å². The van der Waals surface area contributed by atoms with E-state index in [-0.39, 0.29) is 6.10 Å². The molecule has 6 atom stereocenters. The van der Waals surface area contributed by atoms with Gasteiger partial charge < -0.3 is 10.4 Å². The summed E-state index contributed by atoms with van der Waals surface area (Å²) in [6.07, 6.45) is 12.0. The fourth-order valence-electron chi connectivity index (χ4n) is 4.21. The van der Waals surface area contributed by atoms with Crippen molar-refractivity contribution >= 4 is 0 Å². The average Bonchev–Trinajstić information content (AvgIpc) is 2.90. The van der Waals surface area contributed by atoms with Gasteiger partial charge in [0.25, 0.3) is 0 Å². The first-order valence-electron chi connectivity index (χ1n) is 7.35. The minimum Gasteiger partial charge on any atom is -0.393 e. The van der Waals surface area contributed by atoms with E-state index >= 15 is 0 Å². The lowest BCUT2D eigenvalue weighted by molar-refractivity contribution is 0.105. The Balaban J connectivity index is 1.53. The van der Waals surface area contributed by atoms with Crippen LogP contribution in [0.1, 0.15) is 45.4 Å². The van der Waals surface area contributed by atoms with Crippen molar-refractivity contribution in [3.8, 4) is 0 Å².